The molecule has 218 valence electrons. The van der Waals surface area contributed by atoms with Crippen molar-refractivity contribution in [3.8, 4) is 5.75 Å². The van der Waals surface area contributed by atoms with E-state index in [-0.39, 0.29) is 22.8 Å². The molecule has 5 rings (SSSR count). The van der Waals surface area contributed by atoms with Crippen LogP contribution in [-0.2, 0) is 38.1 Å². The summed E-state index contributed by atoms with van der Waals surface area (Å²) in [6, 6.07) is 20.5. The highest BCUT2D eigenvalue weighted by atomic mass is 32.2. The Kier molecular flexibility index (Phi) is 8.40. The SMILES string of the molecule is Cc1ccc(S(=O)(=O)N2C[C@@H](C(=O)NCc3ccc(CN4CCOCC4)cc3)Oc3ccc(C(C)(C)C)cc32)cc1. The smallest absolute Gasteiger partial charge is 0.264 e. The summed E-state index contributed by atoms with van der Waals surface area (Å²) >= 11 is 0. The van der Waals surface area contributed by atoms with E-state index in [1.165, 1.54) is 9.87 Å². The van der Waals surface area contributed by atoms with E-state index in [9.17, 15) is 13.2 Å². The van der Waals surface area contributed by atoms with Gasteiger partial charge in [0.05, 0.1) is 30.3 Å². The zero-order chi connectivity index (χ0) is 29.2. The number of hydrogen-bond acceptors (Lipinski definition) is 6. The molecule has 2 heterocycles. The second kappa shape index (κ2) is 11.8. The third-order valence-electron chi connectivity index (χ3n) is 7.60. The molecule has 2 aliphatic heterocycles. The summed E-state index contributed by atoms with van der Waals surface area (Å²) in [5.74, 6) is 0.00426. The fourth-order valence-corrected chi connectivity index (χ4v) is 6.47. The first kappa shape index (κ1) is 29.1. The van der Waals surface area contributed by atoms with E-state index < -0.39 is 16.1 Å². The summed E-state index contributed by atoms with van der Waals surface area (Å²) in [7, 11) is -3.94. The van der Waals surface area contributed by atoms with Crippen LogP contribution in [0.3, 0.4) is 0 Å². The first-order valence-electron chi connectivity index (χ1n) is 14.1. The van der Waals surface area contributed by atoms with Crippen LogP contribution in [0.15, 0.2) is 71.6 Å². The number of carbonyl (C=O) groups excluding carboxylic acids is 1. The van der Waals surface area contributed by atoms with Gasteiger partial charge in [-0.15, -0.1) is 0 Å². The zero-order valence-electron chi connectivity index (χ0n) is 24.2. The van der Waals surface area contributed by atoms with Crippen molar-refractivity contribution in [2.75, 3.05) is 37.2 Å². The highest BCUT2D eigenvalue weighted by Crippen LogP contribution is 2.40. The van der Waals surface area contributed by atoms with Crippen LogP contribution >= 0.6 is 0 Å². The van der Waals surface area contributed by atoms with Crippen LogP contribution in [0.1, 0.15) is 43.0 Å². The molecule has 0 aromatic heterocycles. The molecule has 9 heteroatoms. The number of morpholine rings is 1. The number of ether oxygens (including phenoxy) is 2. The fraction of sp³-hybridized carbons (Fsp3) is 0.406. The van der Waals surface area contributed by atoms with Gasteiger partial charge in [-0.05, 0) is 53.3 Å². The van der Waals surface area contributed by atoms with E-state index in [4.69, 9.17) is 9.47 Å². The predicted octanol–water partition coefficient (Wildman–Crippen LogP) is 4.40. The largest absolute Gasteiger partial charge is 0.476 e. The highest BCUT2D eigenvalue weighted by Gasteiger charge is 2.38. The molecule has 0 aliphatic carbocycles. The molecular formula is C32H39N3O5S. The number of nitrogens with zero attached hydrogens (tertiary/aromatic N) is 2. The van der Waals surface area contributed by atoms with Gasteiger partial charge in [-0.25, -0.2) is 8.42 Å². The number of fused-ring (bicyclic) bond motifs is 1. The monoisotopic (exact) mass is 577 g/mol. The molecule has 0 unspecified atom stereocenters. The molecule has 0 spiro atoms. The van der Waals surface area contributed by atoms with Gasteiger partial charge in [0, 0.05) is 26.2 Å². The molecule has 1 amide bonds. The van der Waals surface area contributed by atoms with Gasteiger partial charge >= 0.3 is 0 Å². The second-order valence-corrected chi connectivity index (χ2v) is 13.7. The molecule has 0 bridgehead atoms. The van der Waals surface area contributed by atoms with Crippen molar-refractivity contribution in [2.24, 2.45) is 0 Å². The minimum absolute atomic E-state index is 0.124. The van der Waals surface area contributed by atoms with Crippen molar-refractivity contribution in [1.29, 1.82) is 0 Å². The maximum Gasteiger partial charge on any atom is 0.264 e. The second-order valence-electron chi connectivity index (χ2n) is 11.8. The molecule has 1 fully saturated rings. The fourth-order valence-electron chi connectivity index (χ4n) is 5.00. The third kappa shape index (κ3) is 6.74. The number of carbonyl (C=O) groups is 1. The first-order chi connectivity index (χ1) is 19.5. The number of sulfonamides is 1. The number of nitrogens with one attached hydrogen (secondary N) is 1. The van der Waals surface area contributed by atoms with Crippen LogP contribution in [0.25, 0.3) is 0 Å². The van der Waals surface area contributed by atoms with Crippen molar-refractivity contribution in [2.45, 2.75) is 57.2 Å². The standard InChI is InChI=1S/C32H39N3O5S/c1-23-5-12-27(13-6-23)41(37,38)35-22-30(40-29-14-11-26(19-28(29)35)32(2,3)4)31(36)33-20-24-7-9-25(10-8-24)21-34-15-17-39-18-16-34/h5-14,19,30H,15-18,20-22H2,1-4H3,(H,33,36)/t30-/m0/s1. The van der Waals surface area contributed by atoms with Crippen LogP contribution in [0, 0.1) is 6.92 Å². The molecule has 0 saturated carbocycles. The van der Waals surface area contributed by atoms with Gasteiger partial charge < -0.3 is 14.8 Å². The van der Waals surface area contributed by atoms with Crippen molar-refractivity contribution in [1.82, 2.24) is 10.2 Å². The molecule has 3 aromatic carbocycles. The normalized spacial score (nSPS) is 18.0. The number of aryl methyl sites for hydroxylation is 1. The summed E-state index contributed by atoms with van der Waals surface area (Å²) in [5, 5.41) is 2.94. The van der Waals surface area contributed by atoms with Crippen molar-refractivity contribution >= 4 is 21.6 Å². The summed E-state index contributed by atoms with van der Waals surface area (Å²) in [4.78, 5) is 15.8. The van der Waals surface area contributed by atoms with E-state index in [0.29, 0.717) is 18.0 Å². The number of anilines is 1. The van der Waals surface area contributed by atoms with Crippen LogP contribution in [0.5, 0.6) is 5.75 Å². The van der Waals surface area contributed by atoms with Gasteiger partial charge in [0.15, 0.2) is 6.10 Å². The maximum absolute atomic E-state index is 13.9. The quantitative estimate of drug-likeness (QED) is 0.448. The molecule has 1 atom stereocenters. The zero-order valence-corrected chi connectivity index (χ0v) is 25.0. The molecule has 2 aliphatic rings. The van der Waals surface area contributed by atoms with Gasteiger partial charge in [-0.1, -0.05) is 68.8 Å². The summed E-state index contributed by atoms with van der Waals surface area (Å²) in [6.07, 6.45) is -0.996. The summed E-state index contributed by atoms with van der Waals surface area (Å²) in [5.41, 5.74) is 4.36. The predicted molar refractivity (Wildman–Crippen MR) is 160 cm³/mol. The molecule has 3 aromatic rings. The average Bonchev–Trinajstić information content (AvgIpc) is 2.96. The Balaban J connectivity index is 1.33. The maximum atomic E-state index is 13.9. The van der Waals surface area contributed by atoms with E-state index in [1.54, 1.807) is 30.3 Å². The lowest BCUT2D eigenvalue weighted by Gasteiger charge is -2.36. The van der Waals surface area contributed by atoms with E-state index in [2.05, 4.69) is 43.1 Å². The summed E-state index contributed by atoms with van der Waals surface area (Å²) in [6.45, 7) is 12.6. The third-order valence-corrected chi connectivity index (χ3v) is 9.39. The topological polar surface area (TPSA) is 88.2 Å². The number of rotatable bonds is 7. The van der Waals surface area contributed by atoms with Crippen LogP contribution in [0.2, 0.25) is 0 Å². The van der Waals surface area contributed by atoms with Crippen LogP contribution in [-0.4, -0.2) is 58.2 Å². The first-order valence-corrected chi connectivity index (χ1v) is 15.5. The molecule has 1 N–H and O–H groups in total. The average molecular weight is 578 g/mol. The van der Waals surface area contributed by atoms with E-state index >= 15 is 0 Å². The lowest BCUT2D eigenvalue weighted by atomic mass is 9.86. The molecule has 41 heavy (non-hydrogen) atoms. The number of amides is 1. The Labute approximate surface area is 243 Å². The van der Waals surface area contributed by atoms with E-state index in [0.717, 1.165) is 49.5 Å². The molecule has 8 nitrogen and oxygen atoms in total. The van der Waals surface area contributed by atoms with Crippen LogP contribution in [0.4, 0.5) is 5.69 Å². The minimum atomic E-state index is -3.94. The summed E-state index contributed by atoms with van der Waals surface area (Å²) < 4.78 is 40.6. The lowest BCUT2D eigenvalue weighted by molar-refractivity contribution is -0.127. The van der Waals surface area contributed by atoms with Gasteiger partial charge in [-0.3, -0.25) is 14.0 Å². The molecule has 0 radical (unpaired) electrons. The van der Waals surface area contributed by atoms with Gasteiger partial charge in [0.25, 0.3) is 15.9 Å². The Morgan fingerprint density at radius 1 is 0.951 bits per heavy atom. The Morgan fingerprint density at radius 2 is 1.61 bits per heavy atom. The number of hydrogen-bond donors (Lipinski definition) is 1. The Morgan fingerprint density at radius 3 is 2.27 bits per heavy atom. The highest BCUT2D eigenvalue weighted by molar-refractivity contribution is 7.92. The van der Waals surface area contributed by atoms with Crippen molar-refractivity contribution in [3.63, 3.8) is 0 Å². The minimum Gasteiger partial charge on any atom is -0.476 e. The van der Waals surface area contributed by atoms with Gasteiger partial charge in [0.1, 0.15) is 5.75 Å². The number of benzene rings is 3. The molecule has 1 saturated heterocycles. The van der Waals surface area contributed by atoms with Gasteiger partial charge in [0.2, 0.25) is 0 Å². The lowest BCUT2D eigenvalue weighted by Crippen LogP contribution is -2.50. The van der Waals surface area contributed by atoms with Gasteiger partial charge in [-0.2, -0.15) is 0 Å². The Bertz CT molecular complexity index is 1480. The van der Waals surface area contributed by atoms with E-state index in [1.807, 2.05) is 31.2 Å². The molecular weight excluding hydrogens is 538 g/mol. The van der Waals surface area contributed by atoms with Crippen molar-refractivity contribution < 1.29 is 22.7 Å². The van der Waals surface area contributed by atoms with Crippen LogP contribution < -0.4 is 14.4 Å². The Hall–Kier alpha value is -3.40. The van der Waals surface area contributed by atoms with Crippen molar-refractivity contribution in [3.05, 3.63) is 89.0 Å².